The van der Waals surface area contributed by atoms with E-state index in [0.717, 1.165) is 31.8 Å². The monoisotopic (exact) mass is 335 g/mol. The molecule has 1 aromatic carbocycles. The van der Waals surface area contributed by atoms with Gasteiger partial charge in [-0.3, -0.25) is 15.0 Å². The molecule has 1 aliphatic heterocycles. The number of nitrogens with zero attached hydrogens (tertiary/aromatic N) is 2. The van der Waals surface area contributed by atoms with E-state index in [1.165, 1.54) is 20.3 Å². The zero-order chi connectivity index (χ0) is 17.7. The molecular weight excluding hydrogens is 310 g/mol. The first-order chi connectivity index (χ1) is 11.5. The van der Waals surface area contributed by atoms with E-state index < -0.39 is 0 Å². The number of ether oxygens (including phenoxy) is 2. The first kappa shape index (κ1) is 18.2. The number of hydrogen-bond acceptors (Lipinski definition) is 6. The average Bonchev–Trinajstić information content (AvgIpc) is 2.59. The van der Waals surface area contributed by atoms with Crippen LogP contribution in [-0.2, 0) is 0 Å². The number of methoxy groups -OCH3 is 2. The molecule has 1 aliphatic rings. The van der Waals surface area contributed by atoms with Crippen LogP contribution in [0.25, 0.3) is 0 Å². The Kier molecular flexibility index (Phi) is 6.16. The Balaban J connectivity index is 2.53. The molecule has 132 valence electrons. The quantitative estimate of drug-likeness (QED) is 0.469. The van der Waals surface area contributed by atoms with Crippen LogP contribution in [0.3, 0.4) is 0 Å². The summed E-state index contributed by atoms with van der Waals surface area (Å²) in [5.74, 6) is 0.863. The SMILES string of the molecule is C=C(C)C[C@H](c1cc(OC)c(OC)cc1[N+](=O)[O-])N1CCNCC1. The highest BCUT2D eigenvalue weighted by molar-refractivity contribution is 5.55. The van der Waals surface area contributed by atoms with Gasteiger partial charge in [-0.05, 0) is 19.4 Å². The van der Waals surface area contributed by atoms with Crippen molar-refractivity contribution in [3.05, 3.63) is 40.0 Å². The van der Waals surface area contributed by atoms with Gasteiger partial charge in [0.2, 0.25) is 0 Å². The lowest BCUT2D eigenvalue weighted by molar-refractivity contribution is -0.386. The highest BCUT2D eigenvalue weighted by atomic mass is 16.6. The molecule has 1 saturated heterocycles. The number of rotatable bonds is 7. The van der Waals surface area contributed by atoms with Crippen molar-refractivity contribution >= 4 is 5.69 Å². The second-order valence-corrected chi connectivity index (χ2v) is 5.99. The Hall–Kier alpha value is -2.12. The minimum Gasteiger partial charge on any atom is -0.493 e. The van der Waals surface area contributed by atoms with E-state index >= 15 is 0 Å². The molecule has 24 heavy (non-hydrogen) atoms. The first-order valence-electron chi connectivity index (χ1n) is 7.97. The van der Waals surface area contributed by atoms with Gasteiger partial charge in [0.1, 0.15) is 0 Å². The van der Waals surface area contributed by atoms with Gasteiger partial charge in [0.05, 0.1) is 30.8 Å². The Morgan fingerprint density at radius 1 is 1.33 bits per heavy atom. The Morgan fingerprint density at radius 3 is 2.42 bits per heavy atom. The number of piperazine rings is 1. The second kappa shape index (κ2) is 8.12. The molecule has 0 spiro atoms. The van der Waals surface area contributed by atoms with Crippen molar-refractivity contribution < 1.29 is 14.4 Å². The van der Waals surface area contributed by atoms with Crippen LogP contribution in [0, 0.1) is 10.1 Å². The zero-order valence-corrected chi connectivity index (χ0v) is 14.5. The van der Waals surface area contributed by atoms with Gasteiger partial charge < -0.3 is 14.8 Å². The molecule has 2 rings (SSSR count). The summed E-state index contributed by atoms with van der Waals surface area (Å²) in [5, 5.41) is 14.9. The maximum atomic E-state index is 11.6. The van der Waals surface area contributed by atoms with Crippen LogP contribution in [0.15, 0.2) is 24.3 Å². The number of nitro groups is 1. The molecule has 0 saturated carbocycles. The molecule has 1 N–H and O–H groups in total. The summed E-state index contributed by atoms with van der Waals surface area (Å²) in [6.07, 6.45) is 0.663. The largest absolute Gasteiger partial charge is 0.493 e. The molecule has 0 amide bonds. The lowest BCUT2D eigenvalue weighted by Gasteiger charge is -2.35. The van der Waals surface area contributed by atoms with Gasteiger partial charge in [-0.1, -0.05) is 5.57 Å². The van der Waals surface area contributed by atoms with Gasteiger partial charge in [-0.15, -0.1) is 6.58 Å². The van der Waals surface area contributed by atoms with E-state index in [1.807, 2.05) is 6.92 Å². The smallest absolute Gasteiger partial charge is 0.278 e. The highest BCUT2D eigenvalue weighted by Crippen LogP contribution is 2.41. The maximum absolute atomic E-state index is 11.6. The highest BCUT2D eigenvalue weighted by Gasteiger charge is 2.30. The normalized spacial score (nSPS) is 16.5. The van der Waals surface area contributed by atoms with E-state index in [4.69, 9.17) is 9.47 Å². The number of nitrogens with one attached hydrogen (secondary N) is 1. The standard InChI is InChI=1S/C17H25N3O4/c1-12(2)9-14(19-7-5-18-6-8-19)13-10-16(23-3)17(24-4)11-15(13)20(21)22/h10-11,14,18H,1,5-9H2,2-4H3/t14-/m1/s1. The van der Waals surface area contributed by atoms with Crippen molar-refractivity contribution in [3.63, 3.8) is 0 Å². The van der Waals surface area contributed by atoms with Crippen LogP contribution in [0.2, 0.25) is 0 Å². The summed E-state index contributed by atoms with van der Waals surface area (Å²) in [4.78, 5) is 13.5. The predicted octanol–water partition coefficient (Wildman–Crippen LogP) is 2.52. The zero-order valence-electron chi connectivity index (χ0n) is 14.5. The summed E-state index contributed by atoms with van der Waals surface area (Å²) in [7, 11) is 3.01. The molecular formula is C17H25N3O4. The molecule has 7 nitrogen and oxygen atoms in total. The lowest BCUT2D eigenvalue weighted by atomic mass is 9.95. The van der Waals surface area contributed by atoms with Crippen LogP contribution in [0.4, 0.5) is 5.69 Å². The van der Waals surface area contributed by atoms with Gasteiger partial charge in [-0.25, -0.2) is 0 Å². The van der Waals surface area contributed by atoms with Crippen molar-refractivity contribution in [1.82, 2.24) is 10.2 Å². The van der Waals surface area contributed by atoms with Gasteiger partial charge in [-0.2, -0.15) is 0 Å². The molecule has 7 heteroatoms. The summed E-state index contributed by atoms with van der Waals surface area (Å²) in [6, 6.07) is 3.07. The molecule has 0 unspecified atom stereocenters. The molecule has 1 atom stereocenters. The Labute approximate surface area is 142 Å². The third-order valence-corrected chi connectivity index (χ3v) is 4.22. The maximum Gasteiger partial charge on any atom is 0.278 e. The Bertz CT molecular complexity index is 612. The molecule has 0 aromatic heterocycles. The fourth-order valence-electron chi connectivity index (χ4n) is 3.07. The topological polar surface area (TPSA) is 76.9 Å². The summed E-state index contributed by atoms with van der Waals surface area (Å²) in [5.41, 5.74) is 1.68. The van der Waals surface area contributed by atoms with Crippen molar-refractivity contribution in [3.8, 4) is 11.5 Å². The number of nitro benzene ring substituents is 1. The lowest BCUT2D eigenvalue weighted by Crippen LogP contribution is -2.45. The molecule has 0 bridgehead atoms. The van der Waals surface area contributed by atoms with Crippen molar-refractivity contribution in [2.24, 2.45) is 0 Å². The van der Waals surface area contributed by atoms with Crippen LogP contribution in [0.5, 0.6) is 11.5 Å². The fourth-order valence-corrected chi connectivity index (χ4v) is 3.07. The van der Waals surface area contributed by atoms with E-state index in [9.17, 15) is 10.1 Å². The molecule has 0 radical (unpaired) electrons. The second-order valence-electron chi connectivity index (χ2n) is 5.99. The van der Waals surface area contributed by atoms with Crippen molar-refractivity contribution in [1.29, 1.82) is 0 Å². The van der Waals surface area contributed by atoms with E-state index in [2.05, 4.69) is 16.8 Å². The van der Waals surface area contributed by atoms with Crippen LogP contribution < -0.4 is 14.8 Å². The fraction of sp³-hybridized carbons (Fsp3) is 0.529. The minimum absolute atomic E-state index is 0.0532. The average molecular weight is 335 g/mol. The van der Waals surface area contributed by atoms with Crippen molar-refractivity contribution in [2.75, 3.05) is 40.4 Å². The van der Waals surface area contributed by atoms with Crippen LogP contribution in [0.1, 0.15) is 24.9 Å². The van der Waals surface area contributed by atoms with Gasteiger partial charge in [0, 0.05) is 32.2 Å². The first-order valence-corrected chi connectivity index (χ1v) is 7.97. The molecule has 1 heterocycles. The van der Waals surface area contributed by atoms with Gasteiger partial charge >= 0.3 is 0 Å². The molecule has 1 aromatic rings. The third-order valence-electron chi connectivity index (χ3n) is 4.22. The summed E-state index contributed by atoms with van der Waals surface area (Å²) < 4.78 is 10.6. The summed E-state index contributed by atoms with van der Waals surface area (Å²) >= 11 is 0. The van der Waals surface area contributed by atoms with Gasteiger partial charge in [0.25, 0.3) is 5.69 Å². The predicted molar refractivity (Wildman–Crippen MR) is 92.8 cm³/mol. The van der Waals surface area contributed by atoms with Crippen LogP contribution in [-0.4, -0.2) is 50.2 Å². The van der Waals surface area contributed by atoms with E-state index in [1.54, 1.807) is 6.07 Å². The summed E-state index contributed by atoms with van der Waals surface area (Å²) in [6.45, 7) is 9.36. The van der Waals surface area contributed by atoms with Crippen LogP contribution >= 0.6 is 0 Å². The molecule has 1 fully saturated rings. The third kappa shape index (κ3) is 4.04. The molecule has 0 aliphatic carbocycles. The van der Waals surface area contributed by atoms with Crippen molar-refractivity contribution in [2.45, 2.75) is 19.4 Å². The van der Waals surface area contributed by atoms with Gasteiger partial charge in [0.15, 0.2) is 11.5 Å². The number of hydrogen-bond donors (Lipinski definition) is 1. The number of benzene rings is 1. The Morgan fingerprint density at radius 2 is 1.92 bits per heavy atom. The van der Waals surface area contributed by atoms with E-state index in [-0.39, 0.29) is 16.7 Å². The van der Waals surface area contributed by atoms with E-state index in [0.29, 0.717) is 23.5 Å². The minimum atomic E-state index is -0.356.